The zero-order chi connectivity index (χ0) is 15.5. The normalized spacial score (nSPS) is 34.3. The molecule has 2 aliphatic rings. The fourth-order valence-electron chi connectivity index (χ4n) is 3.73. The molecule has 1 aliphatic carbocycles. The van der Waals surface area contributed by atoms with E-state index in [1.54, 1.807) is 4.90 Å². The third-order valence-corrected chi connectivity index (χ3v) is 5.37. The molecule has 1 atom stereocenters. The number of nitrogens with zero attached hydrogens (tertiary/aromatic N) is 1. The molecule has 5 heteroatoms. The summed E-state index contributed by atoms with van der Waals surface area (Å²) in [6.07, 6.45) is 6.96. The second-order valence-electron chi connectivity index (χ2n) is 6.87. The minimum Gasteiger partial charge on any atom is -0.480 e. The number of rotatable bonds is 3. The van der Waals surface area contributed by atoms with Crippen molar-refractivity contribution >= 4 is 11.9 Å². The van der Waals surface area contributed by atoms with E-state index in [2.05, 4.69) is 6.92 Å². The molecule has 0 radical (unpaired) electrons. The highest BCUT2D eigenvalue weighted by Crippen LogP contribution is 2.40. The van der Waals surface area contributed by atoms with Gasteiger partial charge in [-0.15, -0.1) is 0 Å². The Bertz CT molecular complexity index is 389. The van der Waals surface area contributed by atoms with Crippen LogP contribution in [0.4, 0.5) is 0 Å². The lowest BCUT2D eigenvalue weighted by Crippen LogP contribution is -2.54. The Labute approximate surface area is 126 Å². The summed E-state index contributed by atoms with van der Waals surface area (Å²) in [5, 5.41) is 9.45. The molecule has 0 bridgehead atoms. The molecule has 1 aliphatic heterocycles. The summed E-state index contributed by atoms with van der Waals surface area (Å²) in [6.45, 7) is 3.10. The van der Waals surface area contributed by atoms with Gasteiger partial charge in [0.2, 0.25) is 5.91 Å². The lowest BCUT2D eigenvalue weighted by atomic mass is 9.69. The van der Waals surface area contributed by atoms with Crippen molar-refractivity contribution in [3.8, 4) is 0 Å². The van der Waals surface area contributed by atoms with Gasteiger partial charge in [0, 0.05) is 13.1 Å². The number of likely N-dealkylation sites (tertiary alicyclic amines) is 1. The molecule has 1 unspecified atom stereocenters. The molecule has 2 fully saturated rings. The van der Waals surface area contributed by atoms with Crippen molar-refractivity contribution in [1.82, 2.24) is 4.90 Å². The van der Waals surface area contributed by atoms with E-state index >= 15 is 0 Å². The molecule has 0 aromatic carbocycles. The van der Waals surface area contributed by atoms with Crippen LogP contribution in [0.15, 0.2) is 0 Å². The Morgan fingerprint density at radius 1 is 1.19 bits per heavy atom. The molecule has 1 heterocycles. The molecule has 0 aromatic heterocycles. The Morgan fingerprint density at radius 2 is 1.86 bits per heavy atom. The smallest absolute Gasteiger partial charge is 0.326 e. The average molecular weight is 296 g/mol. The Hall–Kier alpha value is -1.10. The molecule has 3 N–H and O–H groups in total. The monoisotopic (exact) mass is 296 g/mol. The first kappa shape index (κ1) is 16.3. The van der Waals surface area contributed by atoms with Crippen molar-refractivity contribution in [1.29, 1.82) is 0 Å². The van der Waals surface area contributed by atoms with Crippen LogP contribution in [0, 0.1) is 11.3 Å². The number of carboxylic acids is 1. The molecule has 21 heavy (non-hydrogen) atoms. The number of aliphatic carboxylic acids is 1. The van der Waals surface area contributed by atoms with Crippen LogP contribution in [-0.4, -0.2) is 41.0 Å². The van der Waals surface area contributed by atoms with Crippen LogP contribution >= 0.6 is 0 Å². The number of hydrogen-bond donors (Lipinski definition) is 2. The van der Waals surface area contributed by atoms with Gasteiger partial charge in [0.15, 0.2) is 0 Å². The zero-order valence-corrected chi connectivity index (χ0v) is 13.0. The van der Waals surface area contributed by atoms with Crippen LogP contribution in [0.5, 0.6) is 0 Å². The lowest BCUT2D eigenvalue weighted by Gasteiger charge is -2.42. The van der Waals surface area contributed by atoms with E-state index in [-0.39, 0.29) is 5.91 Å². The number of carbonyl (C=O) groups excluding carboxylic acids is 1. The van der Waals surface area contributed by atoms with Crippen LogP contribution in [-0.2, 0) is 9.59 Å². The summed E-state index contributed by atoms with van der Waals surface area (Å²) in [6, 6.07) is -0.664. The fourth-order valence-corrected chi connectivity index (χ4v) is 3.73. The first-order valence-electron chi connectivity index (χ1n) is 8.24. The number of hydrogen-bond acceptors (Lipinski definition) is 3. The fraction of sp³-hybridized carbons (Fsp3) is 0.875. The average Bonchev–Trinajstić information content (AvgIpc) is 2.73. The first-order chi connectivity index (χ1) is 10.00. The number of amides is 1. The summed E-state index contributed by atoms with van der Waals surface area (Å²) in [4.78, 5) is 26.2. The number of carbonyl (C=O) groups is 2. The van der Waals surface area contributed by atoms with Gasteiger partial charge in [0.25, 0.3) is 0 Å². The lowest BCUT2D eigenvalue weighted by molar-refractivity contribution is -0.156. The standard InChI is InChI=1S/C16H28N2O3/c1-12-6-8-16(11-17,9-7-12)15(21)18-10-4-2-3-5-13(18)14(19)20/h12-13H,2-11,17H2,1H3,(H,19,20). The highest BCUT2D eigenvalue weighted by molar-refractivity contribution is 5.88. The van der Waals surface area contributed by atoms with Gasteiger partial charge in [-0.1, -0.05) is 19.8 Å². The van der Waals surface area contributed by atoms with E-state index in [1.165, 1.54) is 0 Å². The molecule has 5 nitrogen and oxygen atoms in total. The van der Waals surface area contributed by atoms with E-state index in [9.17, 15) is 14.7 Å². The largest absolute Gasteiger partial charge is 0.480 e. The summed E-state index contributed by atoms with van der Waals surface area (Å²) in [5.74, 6) is -0.246. The van der Waals surface area contributed by atoms with Crippen LogP contribution < -0.4 is 5.73 Å². The molecule has 0 aromatic rings. The predicted molar refractivity (Wildman–Crippen MR) is 80.7 cm³/mol. The molecule has 120 valence electrons. The molecule has 0 spiro atoms. The van der Waals surface area contributed by atoms with Crippen molar-refractivity contribution in [3.63, 3.8) is 0 Å². The summed E-state index contributed by atoms with van der Waals surface area (Å²) >= 11 is 0. The summed E-state index contributed by atoms with van der Waals surface area (Å²) < 4.78 is 0. The van der Waals surface area contributed by atoms with Gasteiger partial charge in [-0.25, -0.2) is 4.79 Å². The van der Waals surface area contributed by atoms with Crippen molar-refractivity contribution in [2.45, 2.75) is 64.3 Å². The van der Waals surface area contributed by atoms with Gasteiger partial charge in [-0.3, -0.25) is 4.79 Å². The van der Waals surface area contributed by atoms with Crippen molar-refractivity contribution in [2.75, 3.05) is 13.1 Å². The highest BCUT2D eigenvalue weighted by atomic mass is 16.4. The minimum absolute atomic E-state index is 0.00815. The van der Waals surface area contributed by atoms with Crippen molar-refractivity contribution in [3.05, 3.63) is 0 Å². The highest BCUT2D eigenvalue weighted by Gasteiger charge is 2.45. The first-order valence-corrected chi connectivity index (χ1v) is 8.24. The molecular formula is C16H28N2O3. The topological polar surface area (TPSA) is 83.6 Å². The SMILES string of the molecule is CC1CCC(CN)(C(=O)N2CCCCCC2C(=O)O)CC1. The third kappa shape index (κ3) is 3.39. The molecule has 1 saturated carbocycles. The maximum absolute atomic E-state index is 13.1. The second kappa shape index (κ2) is 6.77. The van der Waals surface area contributed by atoms with E-state index in [0.717, 1.165) is 44.9 Å². The maximum atomic E-state index is 13.1. The predicted octanol–water partition coefficient (Wildman–Crippen LogP) is 2.00. The maximum Gasteiger partial charge on any atom is 0.326 e. The van der Waals surface area contributed by atoms with Crippen LogP contribution in [0.2, 0.25) is 0 Å². The molecule has 2 rings (SSSR count). The molecule has 1 saturated heterocycles. The van der Waals surface area contributed by atoms with E-state index in [0.29, 0.717) is 25.4 Å². The van der Waals surface area contributed by atoms with Gasteiger partial charge in [-0.05, 0) is 44.4 Å². The van der Waals surface area contributed by atoms with Crippen LogP contribution in [0.3, 0.4) is 0 Å². The van der Waals surface area contributed by atoms with Crippen molar-refractivity contribution in [2.24, 2.45) is 17.1 Å². The van der Waals surface area contributed by atoms with Gasteiger partial charge in [-0.2, -0.15) is 0 Å². The van der Waals surface area contributed by atoms with Crippen LogP contribution in [0.1, 0.15) is 58.3 Å². The summed E-state index contributed by atoms with van der Waals surface area (Å²) in [5.41, 5.74) is 5.43. The van der Waals surface area contributed by atoms with Gasteiger partial charge in [0.1, 0.15) is 6.04 Å². The van der Waals surface area contributed by atoms with E-state index < -0.39 is 17.4 Å². The van der Waals surface area contributed by atoms with E-state index in [4.69, 9.17) is 5.73 Å². The Balaban J connectivity index is 2.19. The van der Waals surface area contributed by atoms with Gasteiger partial charge >= 0.3 is 5.97 Å². The second-order valence-corrected chi connectivity index (χ2v) is 6.87. The number of nitrogens with two attached hydrogens (primary N) is 1. The third-order valence-electron chi connectivity index (χ3n) is 5.37. The van der Waals surface area contributed by atoms with Gasteiger partial charge in [0.05, 0.1) is 5.41 Å². The molecule has 1 amide bonds. The number of carboxylic acid groups (broad SMARTS) is 1. The minimum atomic E-state index is -0.874. The Kier molecular flexibility index (Phi) is 5.25. The van der Waals surface area contributed by atoms with Gasteiger partial charge < -0.3 is 15.7 Å². The summed E-state index contributed by atoms with van der Waals surface area (Å²) in [7, 11) is 0. The zero-order valence-electron chi connectivity index (χ0n) is 13.0. The quantitative estimate of drug-likeness (QED) is 0.834. The van der Waals surface area contributed by atoms with Crippen LogP contribution in [0.25, 0.3) is 0 Å². The van der Waals surface area contributed by atoms with Crippen molar-refractivity contribution < 1.29 is 14.7 Å². The van der Waals surface area contributed by atoms with E-state index in [1.807, 2.05) is 0 Å². The Morgan fingerprint density at radius 3 is 2.43 bits per heavy atom. The molecular weight excluding hydrogens is 268 g/mol.